The van der Waals surface area contributed by atoms with Gasteiger partial charge in [0.1, 0.15) is 5.82 Å². The molecule has 0 aliphatic carbocycles. The van der Waals surface area contributed by atoms with Crippen molar-refractivity contribution in [3.8, 4) is 11.3 Å². The summed E-state index contributed by atoms with van der Waals surface area (Å²) in [5.74, 6) is -0.835. The van der Waals surface area contributed by atoms with Crippen molar-refractivity contribution in [2.75, 3.05) is 0 Å². The van der Waals surface area contributed by atoms with Crippen LogP contribution in [0.2, 0.25) is 0 Å². The van der Waals surface area contributed by atoms with Crippen molar-refractivity contribution < 1.29 is 9.18 Å². The Morgan fingerprint density at radius 2 is 2.00 bits per heavy atom. The van der Waals surface area contributed by atoms with Gasteiger partial charge in [0, 0.05) is 17.8 Å². The summed E-state index contributed by atoms with van der Waals surface area (Å²) in [5, 5.41) is 0. The van der Waals surface area contributed by atoms with E-state index in [1.165, 1.54) is 12.1 Å². The minimum atomic E-state index is -0.520. The van der Waals surface area contributed by atoms with Gasteiger partial charge in [0.05, 0.1) is 5.69 Å². The molecule has 0 atom stereocenters. The molecule has 1 amide bonds. The van der Waals surface area contributed by atoms with Gasteiger partial charge < -0.3 is 5.73 Å². The molecule has 0 radical (unpaired) electrons. The molecule has 3 nitrogen and oxygen atoms in total. The quantitative estimate of drug-likeness (QED) is 0.840. The van der Waals surface area contributed by atoms with E-state index in [4.69, 9.17) is 5.73 Å². The molecule has 1 heterocycles. The summed E-state index contributed by atoms with van der Waals surface area (Å²) in [6.45, 7) is 0. The maximum atomic E-state index is 13.5. The SMILES string of the molecule is NC(=O)/C=C/c1ccc(-c2ccccc2F)nc1. The highest BCUT2D eigenvalue weighted by molar-refractivity contribution is 5.90. The molecule has 0 aliphatic heterocycles. The van der Waals surface area contributed by atoms with E-state index in [9.17, 15) is 9.18 Å². The molecule has 0 aliphatic rings. The molecule has 4 heteroatoms. The lowest BCUT2D eigenvalue weighted by Crippen LogP contribution is -2.05. The number of carbonyl (C=O) groups is 1. The number of nitrogens with zero attached hydrogens (tertiary/aromatic N) is 1. The standard InChI is InChI=1S/C14H11FN2O/c15-12-4-2-1-3-11(12)13-7-5-10(9-17-13)6-8-14(16)18/h1-9H,(H2,16,18)/b8-6+. The minimum Gasteiger partial charge on any atom is -0.366 e. The molecule has 1 aromatic heterocycles. The number of rotatable bonds is 3. The predicted molar refractivity (Wildman–Crippen MR) is 67.9 cm³/mol. The van der Waals surface area contributed by atoms with E-state index in [0.29, 0.717) is 11.3 Å². The van der Waals surface area contributed by atoms with Gasteiger partial charge in [0.2, 0.25) is 5.91 Å². The summed E-state index contributed by atoms with van der Waals surface area (Å²) in [7, 11) is 0. The molecule has 0 saturated carbocycles. The number of pyridine rings is 1. The van der Waals surface area contributed by atoms with Gasteiger partial charge in [-0.25, -0.2) is 4.39 Å². The Kier molecular flexibility index (Phi) is 3.48. The molecular weight excluding hydrogens is 231 g/mol. The van der Waals surface area contributed by atoms with Gasteiger partial charge in [0.15, 0.2) is 0 Å². The summed E-state index contributed by atoms with van der Waals surface area (Å²) in [5.41, 5.74) is 6.71. The molecule has 90 valence electrons. The molecule has 0 bridgehead atoms. The van der Waals surface area contributed by atoms with Gasteiger partial charge in [-0.3, -0.25) is 9.78 Å². The number of amides is 1. The molecule has 0 fully saturated rings. The van der Waals surface area contributed by atoms with Crippen molar-refractivity contribution in [1.29, 1.82) is 0 Å². The maximum Gasteiger partial charge on any atom is 0.241 e. The van der Waals surface area contributed by atoms with Gasteiger partial charge in [-0.1, -0.05) is 18.2 Å². The van der Waals surface area contributed by atoms with E-state index < -0.39 is 5.91 Å². The third-order valence-corrected chi connectivity index (χ3v) is 2.38. The van der Waals surface area contributed by atoms with Crippen LogP contribution in [-0.4, -0.2) is 10.9 Å². The number of carbonyl (C=O) groups excluding carboxylic acids is 1. The van der Waals surface area contributed by atoms with E-state index in [-0.39, 0.29) is 5.82 Å². The summed E-state index contributed by atoms with van der Waals surface area (Å²) < 4.78 is 13.5. The van der Waals surface area contributed by atoms with Gasteiger partial charge in [-0.2, -0.15) is 0 Å². The lowest BCUT2D eigenvalue weighted by Gasteiger charge is -2.02. The normalized spacial score (nSPS) is 10.7. The monoisotopic (exact) mass is 242 g/mol. The largest absolute Gasteiger partial charge is 0.366 e. The van der Waals surface area contributed by atoms with Crippen LogP contribution < -0.4 is 5.73 Å². The van der Waals surface area contributed by atoms with Crippen LogP contribution in [0, 0.1) is 5.82 Å². The minimum absolute atomic E-state index is 0.314. The van der Waals surface area contributed by atoms with Gasteiger partial charge >= 0.3 is 0 Å². The van der Waals surface area contributed by atoms with Crippen LogP contribution in [0.4, 0.5) is 4.39 Å². The predicted octanol–water partition coefficient (Wildman–Crippen LogP) is 2.39. The van der Waals surface area contributed by atoms with Crippen LogP contribution in [-0.2, 0) is 4.79 Å². The van der Waals surface area contributed by atoms with Crippen molar-refractivity contribution in [3.05, 3.63) is 60.1 Å². The Bertz CT molecular complexity index is 591. The second-order valence-corrected chi connectivity index (χ2v) is 3.69. The molecule has 2 aromatic rings. The summed E-state index contributed by atoms with van der Waals surface area (Å²) in [6.07, 6.45) is 4.36. The van der Waals surface area contributed by atoms with Crippen molar-refractivity contribution in [3.63, 3.8) is 0 Å². The van der Waals surface area contributed by atoms with Crippen molar-refractivity contribution in [1.82, 2.24) is 4.98 Å². The third kappa shape index (κ3) is 2.79. The van der Waals surface area contributed by atoms with Crippen LogP contribution in [0.3, 0.4) is 0 Å². The second-order valence-electron chi connectivity index (χ2n) is 3.69. The van der Waals surface area contributed by atoms with Gasteiger partial charge in [-0.15, -0.1) is 0 Å². The summed E-state index contributed by atoms with van der Waals surface area (Å²) >= 11 is 0. The average molecular weight is 242 g/mol. The maximum absolute atomic E-state index is 13.5. The molecule has 2 N–H and O–H groups in total. The number of aromatic nitrogens is 1. The Labute approximate surface area is 104 Å². The second kappa shape index (κ2) is 5.23. The van der Waals surface area contributed by atoms with Gasteiger partial charge in [0.25, 0.3) is 0 Å². The van der Waals surface area contributed by atoms with Crippen molar-refractivity contribution >= 4 is 12.0 Å². The number of hydrogen-bond acceptors (Lipinski definition) is 2. The highest BCUT2D eigenvalue weighted by Crippen LogP contribution is 2.20. The lowest BCUT2D eigenvalue weighted by molar-refractivity contribution is -0.113. The first-order valence-electron chi connectivity index (χ1n) is 5.35. The summed E-state index contributed by atoms with van der Waals surface area (Å²) in [4.78, 5) is 14.7. The van der Waals surface area contributed by atoms with E-state index >= 15 is 0 Å². The van der Waals surface area contributed by atoms with Crippen molar-refractivity contribution in [2.45, 2.75) is 0 Å². The zero-order chi connectivity index (χ0) is 13.0. The van der Waals surface area contributed by atoms with Gasteiger partial charge in [-0.05, 0) is 29.8 Å². The number of hydrogen-bond donors (Lipinski definition) is 1. The molecule has 1 aromatic carbocycles. The first-order valence-corrected chi connectivity index (χ1v) is 5.35. The zero-order valence-corrected chi connectivity index (χ0v) is 9.51. The van der Waals surface area contributed by atoms with Crippen LogP contribution >= 0.6 is 0 Å². The fourth-order valence-electron chi connectivity index (χ4n) is 1.51. The topological polar surface area (TPSA) is 56.0 Å². The van der Waals surface area contributed by atoms with E-state index in [1.807, 2.05) is 0 Å². The number of nitrogens with two attached hydrogens (primary N) is 1. The molecule has 0 spiro atoms. The van der Waals surface area contributed by atoms with Crippen LogP contribution in [0.25, 0.3) is 17.3 Å². The molecule has 0 saturated heterocycles. The lowest BCUT2D eigenvalue weighted by atomic mass is 10.1. The first kappa shape index (κ1) is 12.0. The van der Waals surface area contributed by atoms with E-state index in [0.717, 1.165) is 5.56 Å². The van der Waals surface area contributed by atoms with Crippen molar-refractivity contribution in [2.24, 2.45) is 5.73 Å². The molecular formula is C14H11FN2O. The van der Waals surface area contributed by atoms with E-state index in [1.54, 1.807) is 42.6 Å². The third-order valence-electron chi connectivity index (χ3n) is 2.38. The highest BCUT2D eigenvalue weighted by atomic mass is 19.1. The highest BCUT2D eigenvalue weighted by Gasteiger charge is 2.04. The van der Waals surface area contributed by atoms with Crippen LogP contribution in [0.1, 0.15) is 5.56 Å². The Morgan fingerprint density at radius 3 is 2.61 bits per heavy atom. The zero-order valence-electron chi connectivity index (χ0n) is 9.51. The smallest absolute Gasteiger partial charge is 0.241 e. The average Bonchev–Trinajstić information content (AvgIpc) is 2.38. The number of primary amides is 1. The molecule has 0 unspecified atom stereocenters. The Hall–Kier alpha value is -2.49. The molecule has 18 heavy (non-hydrogen) atoms. The first-order chi connectivity index (χ1) is 8.66. The van der Waals surface area contributed by atoms with Crippen LogP contribution in [0.5, 0.6) is 0 Å². The fraction of sp³-hybridized carbons (Fsp3) is 0. The Morgan fingerprint density at radius 1 is 1.22 bits per heavy atom. The Balaban J connectivity index is 2.28. The number of benzene rings is 1. The summed E-state index contributed by atoms with van der Waals surface area (Å²) in [6, 6.07) is 9.87. The number of halogens is 1. The van der Waals surface area contributed by atoms with Crippen LogP contribution in [0.15, 0.2) is 48.7 Å². The molecule has 2 rings (SSSR count). The fourth-order valence-corrected chi connectivity index (χ4v) is 1.51. The van der Waals surface area contributed by atoms with E-state index in [2.05, 4.69) is 4.98 Å².